The number of nitrogens with one attached hydrogen (secondary N) is 1. The molecule has 3 nitrogen and oxygen atoms in total. The fraction of sp³-hybridized carbons (Fsp3) is 0.0769. The van der Waals surface area contributed by atoms with Crippen LogP contribution in [0.5, 0.6) is 0 Å². The fourth-order valence-corrected chi connectivity index (χ4v) is 1.88. The lowest BCUT2D eigenvalue weighted by atomic mass is 10.1. The molecule has 4 heteroatoms. The van der Waals surface area contributed by atoms with Gasteiger partial charge in [-0.3, -0.25) is 4.79 Å². The summed E-state index contributed by atoms with van der Waals surface area (Å²) in [7, 11) is 0. The molecule has 0 aliphatic heterocycles. The first kappa shape index (κ1) is 11.6. The van der Waals surface area contributed by atoms with E-state index >= 15 is 0 Å². The SMILES string of the molecule is Cc1cc(-c2ccc(Br)cc2)[nH]c(=O)c1C#N. The van der Waals surface area contributed by atoms with Crippen molar-refractivity contribution in [3.8, 4) is 17.3 Å². The first-order valence-electron chi connectivity index (χ1n) is 5.02. The number of aromatic nitrogens is 1. The molecule has 0 amide bonds. The molecule has 0 saturated heterocycles. The van der Waals surface area contributed by atoms with E-state index in [9.17, 15) is 4.79 Å². The van der Waals surface area contributed by atoms with E-state index < -0.39 is 0 Å². The number of hydrogen-bond acceptors (Lipinski definition) is 2. The van der Waals surface area contributed by atoms with E-state index in [1.54, 1.807) is 6.92 Å². The second-order valence-corrected chi connectivity index (χ2v) is 4.60. The minimum Gasteiger partial charge on any atom is -0.321 e. The molecular weight excluding hydrogens is 280 g/mol. The summed E-state index contributed by atoms with van der Waals surface area (Å²) in [5.74, 6) is 0. The summed E-state index contributed by atoms with van der Waals surface area (Å²) >= 11 is 3.35. The predicted octanol–water partition coefficient (Wildman–Crippen LogP) is 2.98. The topological polar surface area (TPSA) is 56.6 Å². The highest BCUT2D eigenvalue weighted by Gasteiger charge is 2.06. The van der Waals surface area contributed by atoms with Crippen LogP contribution in [0.3, 0.4) is 0 Å². The van der Waals surface area contributed by atoms with Crippen molar-refractivity contribution in [2.24, 2.45) is 0 Å². The first-order valence-corrected chi connectivity index (χ1v) is 5.81. The van der Waals surface area contributed by atoms with Crippen molar-refractivity contribution >= 4 is 15.9 Å². The Morgan fingerprint density at radius 3 is 2.47 bits per heavy atom. The minimum absolute atomic E-state index is 0.172. The van der Waals surface area contributed by atoms with Crippen LogP contribution in [-0.4, -0.2) is 4.98 Å². The average molecular weight is 289 g/mol. The summed E-state index contributed by atoms with van der Waals surface area (Å²) in [6.07, 6.45) is 0. The lowest BCUT2D eigenvalue weighted by Crippen LogP contribution is -2.12. The van der Waals surface area contributed by atoms with E-state index in [1.165, 1.54) is 0 Å². The maximum Gasteiger partial charge on any atom is 0.266 e. The molecule has 1 aromatic heterocycles. The van der Waals surface area contributed by atoms with Crippen LogP contribution in [0, 0.1) is 18.3 Å². The van der Waals surface area contributed by atoms with Gasteiger partial charge in [0.05, 0.1) is 0 Å². The van der Waals surface area contributed by atoms with Gasteiger partial charge >= 0.3 is 0 Å². The van der Waals surface area contributed by atoms with Gasteiger partial charge in [0, 0.05) is 10.2 Å². The quantitative estimate of drug-likeness (QED) is 0.877. The third-order valence-electron chi connectivity index (χ3n) is 2.50. The maximum absolute atomic E-state index is 11.6. The average Bonchev–Trinajstić information content (AvgIpc) is 2.29. The first-order chi connectivity index (χ1) is 8.11. The highest BCUT2D eigenvalue weighted by molar-refractivity contribution is 9.10. The van der Waals surface area contributed by atoms with E-state index in [1.807, 2.05) is 36.4 Å². The van der Waals surface area contributed by atoms with Gasteiger partial charge in [0.15, 0.2) is 0 Å². The summed E-state index contributed by atoms with van der Waals surface area (Å²) in [6.45, 7) is 1.76. The zero-order valence-corrected chi connectivity index (χ0v) is 10.7. The molecule has 2 aromatic rings. The Morgan fingerprint density at radius 2 is 1.94 bits per heavy atom. The van der Waals surface area contributed by atoms with Gasteiger partial charge in [-0.1, -0.05) is 28.1 Å². The van der Waals surface area contributed by atoms with Gasteiger partial charge in [-0.05, 0) is 36.2 Å². The number of halogens is 1. The number of hydrogen-bond donors (Lipinski definition) is 1. The van der Waals surface area contributed by atoms with Crippen LogP contribution in [0.2, 0.25) is 0 Å². The molecule has 0 spiro atoms. The molecule has 1 aromatic carbocycles. The molecule has 17 heavy (non-hydrogen) atoms. The molecule has 84 valence electrons. The smallest absolute Gasteiger partial charge is 0.266 e. The van der Waals surface area contributed by atoms with Crippen LogP contribution < -0.4 is 5.56 Å². The molecule has 0 radical (unpaired) electrons. The molecule has 1 heterocycles. The Balaban J connectivity index is 2.59. The molecule has 0 aliphatic carbocycles. The highest BCUT2D eigenvalue weighted by Crippen LogP contribution is 2.20. The fourth-order valence-electron chi connectivity index (χ4n) is 1.61. The predicted molar refractivity (Wildman–Crippen MR) is 69.7 cm³/mol. The second kappa shape index (κ2) is 4.56. The summed E-state index contributed by atoms with van der Waals surface area (Å²) in [4.78, 5) is 14.4. The standard InChI is InChI=1S/C13H9BrN2O/c1-8-6-12(16-13(17)11(8)7-15)9-2-4-10(14)5-3-9/h2-6H,1H3,(H,16,17). The van der Waals surface area contributed by atoms with E-state index in [0.717, 1.165) is 15.7 Å². The van der Waals surface area contributed by atoms with Crippen LogP contribution in [-0.2, 0) is 0 Å². The van der Waals surface area contributed by atoms with Gasteiger partial charge in [-0.25, -0.2) is 0 Å². The van der Waals surface area contributed by atoms with Crippen molar-refractivity contribution in [3.63, 3.8) is 0 Å². The Kier molecular flexibility index (Phi) is 3.12. The van der Waals surface area contributed by atoms with E-state index in [4.69, 9.17) is 5.26 Å². The van der Waals surface area contributed by atoms with Crippen molar-refractivity contribution in [1.29, 1.82) is 5.26 Å². The van der Waals surface area contributed by atoms with Crippen molar-refractivity contribution in [2.75, 3.05) is 0 Å². The van der Waals surface area contributed by atoms with Crippen LogP contribution in [0.15, 0.2) is 39.6 Å². The van der Waals surface area contributed by atoms with Gasteiger partial charge in [0.1, 0.15) is 11.6 Å². The summed E-state index contributed by atoms with van der Waals surface area (Å²) < 4.78 is 0.981. The number of nitrogens with zero attached hydrogens (tertiary/aromatic N) is 1. The van der Waals surface area contributed by atoms with Crippen LogP contribution in [0.25, 0.3) is 11.3 Å². The van der Waals surface area contributed by atoms with Crippen molar-refractivity contribution < 1.29 is 0 Å². The Morgan fingerprint density at radius 1 is 1.29 bits per heavy atom. The summed E-state index contributed by atoms with van der Waals surface area (Å²) in [5.41, 5.74) is 2.15. The van der Waals surface area contributed by atoms with Crippen LogP contribution >= 0.6 is 15.9 Å². The number of nitriles is 1. The molecule has 1 N–H and O–H groups in total. The zero-order valence-electron chi connectivity index (χ0n) is 9.12. The molecular formula is C13H9BrN2O. The van der Waals surface area contributed by atoms with Crippen LogP contribution in [0.4, 0.5) is 0 Å². The normalized spacial score (nSPS) is 9.94. The molecule has 0 unspecified atom stereocenters. The monoisotopic (exact) mass is 288 g/mol. The second-order valence-electron chi connectivity index (χ2n) is 3.69. The van der Waals surface area contributed by atoms with Gasteiger partial charge in [0.2, 0.25) is 0 Å². The number of rotatable bonds is 1. The summed E-state index contributed by atoms with van der Waals surface area (Å²) in [6, 6.07) is 11.3. The van der Waals surface area contributed by atoms with E-state index in [2.05, 4.69) is 20.9 Å². The Bertz CT molecular complexity index is 651. The van der Waals surface area contributed by atoms with Crippen molar-refractivity contribution in [3.05, 3.63) is 56.3 Å². The lowest BCUT2D eigenvalue weighted by molar-refractivity contribution is 1.18. The lowest BCUT2D eigenvalue weighted by Gasteiger charge is -2.04. The molecule has 0 bridgehead atoms. The van der Waals surface area contributed by atoms with Crippen LogP contribution in [0.1, 0.15) is 11.1 Å². The van der Waals surface area contributed by atoms with E-state index in [0.29, 0.717) is 5.56 Å². The largest absolute Gasteiger partial charge is 0.321 e. The van der Waals surface area contributed by atoms with Gasteiger partial charge < -0.3 is 4.98 Å². The molecule has 0 atom stereocenters. The number of H-pyrrole nitrogens is 1. The maximum atomic E-state index is 11.6. The number of aryl methyl sites for hydroxylation is 1. The van der Waals surface area contributed by atoms with Gasteiger partial charge in [-0.2, -0.15) is 5.26 Å². The summed E-state index contributed by atoms with van der Waals surface area (Å²) in [5, 5.41) is 8.82. The van der Waals surface area contributed by atoms with Crippen molar-refractivity contribution in [1.82, 2.24) is 4.98 Å². The molecule has 2 rings (SSSR count). The Labute approximate surface area is 107 Å². The van der Waals surface area contributed by atoms with E-state index in [-0.39, 0.29) is 11.1 Å². The minimum atomic E-state index is -0.342. The third kappa shape index (κ3) is 2.29. The molecule has 0 fully saturated rings. The number of aromatic amines is 1. The van der Waals surface area contributed by atoms with Crippen molar-refractivity contribution in [2.45, 2.75) is 6.92 Å². The van der Waals surface area contributed by atoms with Gasteiger partial charge in [0.25, 0.3) is 5.56 Å². The molecule has 0 saturated carbocycles. The highest BCUT2D eigenvalue weighted by atomic mass is 79.9. The third-order valence-corrected chi connectivity index (χ3v) is 3.03. The zero-order chi connectivity index (χ0) is 12.4. The Hall–Kier alpha value is -1.86. The number of benzene rings is 1. The number of pyridine rings is 1. The van der Waals surface area contributed by atoms with Gasteiger partial charge in [-0.15, -0.1) is 0 Å². The molecule has 0 aliphatic rings.